The number of benzene rings is 1. The van der Waals surface area contributed by atoms with Crippen LogP contribution in [0.4, 0.5) is 5.69 Å². The van der Waals surface area contributed by atoms with Crippen LogP contribution in [0.25, 0.3) is 0 Å². The molecule has 5 heteroatoms. The first-order valence-corrected chi connectivity index (χ1v) is 8.08. The van der Waals surface area contributed by atoms with E-state index in [1.165, 1.54) is 0 Å². The molecule has 1 aromatic carbocycles. The molecule has 0 heterocycles. The van der Waals surface area contributed by atoms with Gasteiger partial charge in [-0.05, 0) is 38.3 Å². The summed E-state index contributed by atoms with van der Waals surface area (Å²) in [5, 5.41) is 0. The zero-order valence-electron chi connectivity index (χ0n) is 13.7. The molecule has 1 aromatic rings. The van der Waals surface area contributed by atoms with Crippen LogP contribution in [0.5, 0.6) is 0 Å². The Bertz CT molecular complexity index is 529. The van der Waals surface area contributed by atoms with Crippen molar-refractivity contribution in [3.05, 3.63) is 29.3 Å². The van der Waals surface area contributed by atoms with E-state index in [2.05, 4.69) is 0 Å². The summed E-state index contributed by atoms with van der Waals surface area (Å²) >= 11 is 5.74. The lowest BCUT2D eigenvalue weighted by Gasteiger charge is -2.26. The number of nitrogens with zero attached hydrogens (tertiary/aromatic N) is 1. The van der Waals surface area contributed by atoms with Gasteiger partial charge in [-0.3, -0.25) is 9.59 Å². The molecule has 1 rings (SSSR count). The van der Waals surface area contributed by atoms with E-state index in [9.17, 15) is 9.59 Å². The molecule has 0 unspecified atom stereocenters. The zero-order valence-corrected chi connectivity index (χ0v) is 14.4. The minimum Gasteiger partial charge on any atom is -0.463 e. The van der Waals surface area contributed by atoms with Crippen LogP contribution in [0.3, 0.4) is 0 Å². The summed E-state index contributed by atoms with van der Waals surface area (Å²) in [5.41, 5.74) is 2.92. The third-order valence-corrected chi connectivity index (χ3v) is 3.52. The van der Waals surface area contributed by atoms with Crippen molar-refractivity contribution in [2.24, 2.45) is 0 Å². The highest BCUT2D eigenvalue weighted by atomic mass is 35.5. The SMILES string of the molecule is CCc1cccc(C)c1N(CCC(=O)OC(C)C)C(=O)CCl. The average Bonchev–Trinajstić information content (AvgIpc) is 2.47. The van der Waals surface area contributed by atoms with E-state index in [0.29, 0.717) is 0 Å². The predicted octanol–water partition coefficient (Wildman–Crippen LogP) is 3.47. The predicted molar refractivity (Wildman–Crippen MR) is 89.5 cm³/mol. The van der Waals surface area contributed by atoms with Crippen molar-refractivity contribution in [2.75, 3.05) is 17.3 Å². The minimum atomic E-state index is -0.311. The monoisotopic (exact) mass is 325 g/mol. The number of esters is 1. The molecule has 0 saturated carbocycles. The summed E-state index contributed by atoms with van der Waals surface area (Å²) in [7, 11) is 0. The Morgan fingerprint density at radius 2 is 2.00 bits per heavy atom. The smallest absolute Gasteiger partial charge is 0.307 e. The third-order valence-electron chi connectivity index (χ3n) is 3.29. The molecule has 0 aliphatic rings. The first kappa shape index (κ1) is 18.5. The van der Waals surface area contributed by atoms with E-state index in [1.807, 2.05) is 32.0 Å². The van der Waals surface area contributed by atoms with Crippen LogP contribution in [0.2, 0.25) is 0 Å². The largest absolute Gasteiger partial charge is 0.463 e. The van der Waals surface area contributed by atoms with Gasteiger partial charge >= 0.3 is 5.97 Å². The lowest BCUT2D eigenvalue weighted by molar-refractivity contribution is -0.147. The van der Waals surface area contributed by atoms with Gasteiger partial charge in [0, 0.05) is 12.2 Å². The van der Waals surface area contributed by atoms with E-state index in [1.54, 1.807) is 18.7 Å². The van der Waals surface area contributed by atoms with Crippen molar-refractivity contribution in [3.63, 3.8) is 0 Å². The van der Waals surface area contributed by atoms with Crippen LogP contribution in [-0.2, 0) is 20.7 Å². The number of aryl methyl sites for hydroxylation is 2. The van der Waals surface area contributed by atoms with Crippen LogP contribution < -0.4 is 4.90 Å². The standard InChI is InChI=1S/C17H24ClNO3/c1-5-14-8-6-7-13(4)17(14)19(15(20)11-18)10-9-16(21)22-12(2)3/h6-8,12H,5,9-11H2,1-4H3. The number of anilines is 1. The second kappa shape index (κ2) is 8.79. The summed E-state index contributed by atoms with van der Waals surface area (Å²) in [6.45, 7) is 7.87. The first-order valence-electron chi connectivity index (χ1n) is 7.55. The Balaban J connectivity index is 3.00. The molecule has 22 heavy (non-hydrogen) atoms. The number of para-hydroxylation sites is 1. The van der Waals surface area contributed by atoms with Crippen LogP contribution >= 0.6 is 11.6 Å². The first-order chi connectivity index (χ1) is 10.4. The molecule has 0 fully saturated rings. The minimum absolute atomic E-state index is 0.114. The normalized spacial score (nSPS) is 10.6. The summed E-state index contributed by atoms with van der Waals surface area (Å²) in [6, 6.07) is 5.91. The molecule has 0 aromatic heterocycles. The van der Waals surface area contributed by atoms with E-state index in [0.717, 1.165) is 23.2 Å². The van der Waals surface area contributed by atoms with Gasteiger partial charge in [-0.15, -0.1) is 11.6 Å². The Hall–Kier alpha value is -1.55. The van der Waals surface area contributed by atoms with Gasteiger partial charge < -0.3 is 9.64 Å². The Kier molecular flexibility index (Phi) is 7.39. The Morgan fingerprint density at radius 1 is 1.32 bits per heavy atom. The highest BCUT2D eigenvalue weighted by Gasteiger charge is 2.20. The molecule has 0 saturated heterocycles. The molecule has 0 aliphatic heterocycles. The van der Waals surface area contributed by atoms with Gasteiger partial charge in [-0.2, -0.15) is 0 Å². The van der Waals surface area contributed by atoms with Gasteiger partial charge in [0.1, 0.15) is 5.88 Å². The lowest BCUT2D eigenvalue weighted by Crippen LogP contribution is -2.35. The maximum Gasteiger partial charge on any atom is 0.307 e. The van der Waals surface area contributed by atoms with Crippen molar-refractivity contribution in [3.8, 4) is 0 Å². The fourth-order valence-corrected chi connectivity index (χ4v) is 2.49. The second-order valence-corrected chi connectivity index (χ2v) is 5.67. The summed E-state index contributed by atoms with van der Waals surface area (Å²) < 4.78 is 5.13. The van der Waals surface area contributed by atoms with Gasteiger partial charge in [0.15, 0.2) is 0 Å². The molecule has 4 nitrogen and oxygen atoms in total. The molecule has 0 bridgehead atoms. The summed E-state index contributed by atoms with van der Waals surface area (Å²) in [4.78, 5) is 25.6. The van der Waals surface area contributed by atoms with E-state index >= 15 is 0 Å². The van der Waals surface area contributed by atoms with Crippen LogP contribution in [-0.4, -0.2) is 30.4 Å². The second-order valence-electron chi connectivity index (χ2n) is 5.40. The van der Waals surface area contributed by atoms with Crippen molar-refractivity contribution in [1.29, 1.82) is 0 Å². The number of carbonyl (C=O) groups is 2. The molecular formula is C17H24ClNO3. The highest BCUT2D eigenvalue weighted by Crippen LogP contribution is 2.26. The fraction of sp³-hybridized carbons (Fsp3) is 0.529. The van der Waals surface area contributed by atoms with Gasteiger partial charge in [0.2, 0.25) is 5.91 Å². The molecular weight excluding hydrogens is 302 g/mol. The Labute approximate surface area is 137 Å². The number of halogens is 1. The van der Waals surface area contributed by atoms with E-state index < -0.39 is 0 Å². The van der Waals surface area contributed by atoms with Crippen molar-refractivity contribution in [2.45, 2.75) is 46.6 Å². The number of alkyl halides is 1. The number of rotatable bonds is 7. The number of carbonyl (C=O) groups excluding carboxylic acids is 2. The lowest BCUT2D eigenvalue weighted by atomic mass is 10.0. The van der Waals surface area contributed by atoms with Gasteiger partial charge in [0.25, 0.3) is 0 Å². The molecule has 1 amide bonds. The zero-order chi connectivity index (χ0) is 16.7. The quantitative estimate of drug-likeness (QED) is 0.569. The van der Waals surface area contributed by atoms with Crippen molar-refractivity contribution < 1.29 is 14.3 Å². The molecule has 0 N–H and O–H groups in total. The van der Waals surface area contributed by atoms with Gasteiger partial charge in [-0.25, -0.2) is 0 Å². The van der Waals surface area contributed by atoms with E-state index in [-0.39, 0.29) is 36.8 Å². The number of ether oxygens (including phenoxy) is 1. The molecule has 0 aliphatic carbocycles. The maximum atomic E-state index is 12.2. The fourth-order valence-electron chi connectivity index (χ4n) is 2.35. The number of amides is 1. The molecule has 0 spiro atoms. The van der Waals surface area contributed by atoms with Gasteiger partial charge in [0.05, 0.1) is 12.5 Å². The third kappa shape index (κ3) is 5.02. The average molecular weight is 326 g/mol. The van der Waals surface area contributed by atoms with Crippen LogP contribution in [0, 0.1) is 6.92 Å². The summed E-state index contributed by atoms with van der Waals surface area (Å²) in [6.07, 6.45) is 0.798. The Morgan fingerprint density at radius 3 is 2.55 bits per heavy atom. The number of hydrogen-bond acceptors (Lipinski definition) is 3. The van der Waals surface area contributed by atoms with E-state index in [4.69, 9.17) is 16.3 Å². The maximum absolute atomic E-state index is 12.2. The summed E-state index contributed by atoms with van der Waals surface area (Å²) in [5.74, 6) is -0.631. The van der Waals surface area contributed by atoms with Crippen LogP contribution in [0.1, 0.15) is 38.3 Å². The molecule has 0 atom stereocenters. The van der Waals surface area contributed by atoms with Crippen LogP contribution in [0.15, 0.2) is 18.2 Å². The topological polar surface area (TPSA) is 46.6 Å². The number of hydrogen-bond donors (Lipinski definition) is 0. The van der Waals surface area contributed by atoms with Crippen molar-refractivity contribution >= 4 is 29.2 Å². The molecule has 122 valence electrons. The van der Waals surface area contributed by atoms with Gasteiger partial charge in [-0.1, -0.05) is 25.1 Å². The molecule has 0 radical (unpaired) electrons. The highest BCUT2D eigenvalue weighted by molar-refractivity contribution is 6.29. The van der Waals surface area contributed by atoms with Crippen molar-refractivity contribution in [1.82, 2.24) is 0 Å².